The molecule has 0 unspecified atom stereocenters. The highest BCUT2D eigenvalue weighted by molar-refractivity contribution is 5.78. The number of rotatable bonds is 22. The Labute approximate surface area is 242 Å². The van der Waals surface area contributed by atoms with E-state index in [1.54, 1.807) is 6.20 Å². The number of carbonyl (C=O) groups excluding carboxylic acids is 2. The van der Waals surface area contributed by atoms with Crippen LogP contribution in [0.5, 0.6) is 0 Å². The van der Waals surface area contributed by atoms with Crippen molar-refractivity contribution in [1.82, 2.24) is 20.9 Å². The summed E-state index contributed by atoms with van der Waals surface area (Å²) in [5, 5.41) is 9.04. The average Bonchev–Trinajstić information content (AvgIpc) is 2.95. The van der Waals surface area contributed by atoms with Gasteiger partial charge in [0.25, 0.3) is 0 Å². The van der Waals surface area contributed by atoms with Gasteiger partial charge in [-0.25, -0.2) is 0 Å². The van der Waals surface area contributed by atoms with Crippen molar-refractivity contribution in [2.45, 2.75) is 71.6 Å². The summed E-state index contributed by atoms with van der Waals surface area (Å²) in [7, 11) is 0. The number of unbranched alkanes of at least 4 members (excludes halogenated alkanes) is 1. The van der Waals surface area contributed by atoms with Crippen LogP contribution in [0.15, 0.2) is 85.2 Å². The number of hydrogen-bond acceptors (Lipinski definition) is 4. The molecule has 0 atom stereocenters. The molecule has 0 saturated carbocycles. The molecule has 0 aliphatic rings. The molecule has 0 saturated heterocycles. The van der Waals surface area contributed by atoms with Gasteiger partial charge in [-0.05, 0) is 63.5 Å². The van der Waals surface area contributed by atoms with Crippen LogP contribution in [-0.2, 0) is 9.59 Å². The highest BCUT2D eigenvalue weighted by atomic mass is 16.2. The lowest BCUT2D eigenvalue weighted by Gasteiger charge is -2.07. The van der Waals surface area contributed by atoms with E-state index in [2.05, 4.69) is 88.6 Å². The van der Waals surface area contributed by atoms with Gasteiger partial charge in [0.15, 0.2) is 0 Å². The van der Waals surface area contributed by atoms with E-state index in [-0.39, 0.29) is 11.8 Å². The van der Waals surface area contributed by atoms with Crippen LogP contribution in [0.4, 0.5) is 0 Å². The first-order valence-corrected chi connectivity index (χ1v) is 14.7. The van der Waals surface area contributed by atoms with Crippen LogP contribution < -0.4 is 16.0 Å². The molecular formula is C34H50N4O2. The highest BCUT2D eigenvalue weighted by Crippen LogP contribution is 2.02. The molecule has 1 aromatic rings. The van der Waals surface area contributed by atoms with Crippen LogP contribution in [0.2, 0.25) is 0 Å². The van der Waals surface area contributed by atoms with Gasteiger partial charge in [0.05, 0.1) is 0 Å². The van der Waals surface area contributed by atoms with E-state index in [0.29, 0.717) is 39.0 Å². The summed E-state index contributed by atoms with van der Waals surface area (Å²) < 4.78 is 0. The summed E-state index contributed by atoms with van der Waals surface area (Å²) >= 11 is 0. The maximum Gasteiger partial charge on any atom is 0.223 e. The zero-order valence-corrected chi connectivity index (χ0v) is 24.6. The van der Waals surface area contributed by atoms with E-state index in [1.807, 2.05) is 31.2 Å². The molecule has 1 aromatic heterocycles. The SMILES string of the molecule is CCC=CCC=CCC=CCC=CCC=CCCCC(=O)NCCNCCNC(=O)CC=Cc1ccc(C)nc1. The number of aryl methyl sites for hydroxylation is 1. The Morgan fingerprint density at radius 3 is 1.88 bits per heavy atom. The normalized spacial score (nSPS) is 12.2. The summed E-state index contributed by atoms with van der Waals surface area (Å²) in [5.41, 5.74) is 1.95. The van der Waals surface area contributed by atoms with Crippen molar-refractivity contribution in [2.24, 2.45) is 0 Å². The molecule has 0 spiro atoms. The zero-order valence-electron chi connectivity index (χ0n) is 24.6. The minimum absolute atomic E-state index is 0.0149. The summed E-state index contributed by atoms with van der Waals surface area (Å²) in [4.78, 5) is 28.1. The van der Waals surface area contributed by atoms with Crippen molar-refractivity contribution < 1.29 is 9.59 Å². The van der Waals surface area contributed by atoms with Gasteiger partial charge in [0.1, 0.15) is 0 Å². The van der Waals surface area contributed by atoms with E-state index in [0.717, 1.165) is 56.2 Å². The molecule has 0 aliphatic heterocycles. The third-order valence-corrected chi connectivity index (χ3v) is 5.73. The van der Waals surface area contributed by atoms with Crippen LogP contribution >= 0.6 is 0 Å². The third-order valence-electron chi connectivity index (χ3n) is 5.73. The Morgan fingerprint density at radius 2 is 1.30 bits per heavy atom. The fraction of sp³-hybridized carbons (Fsp3) is 0.441. The molecule has 218 valence electrons. The Morgan fingerprint density at radius 1 is 0.725 bits per heavy atom. The summed E-state index contributed by atoms with van der Waals surface area (Å²) in [6.45, 7) is 6.57. The summed E-state index contributed by atoms with van der Waals surface area (Å²) in [6.07, 6.45) is 35.1. The Bertz CT molecular complexity index is 972. The van der Waals surface area contributed by atoms with Crippen LogP contribution in [0.3, 0.4) is 0 Å². The fourth-order valence-electron chi connectivity index (χ4n) is 3.50. The number of amides is 2. The van der Waals surface area contributed by atoms with Gasteiger partial charge < -0.3 is 16.0 Å². The van der Waals surface area contributed by atoms with Gasteiger partial charge in [-0.3, -0.25) is 14.6 Å². The van der Waals surface area contributed by atoms with Gasteiger partial charge in [-0.2, -0.15) is 0 Å². The molecule has 1 heterocycles. The predicted octanol–water partition coefficient (Wildman–Crippen LogP) is 6.54. The minimum atomic E-state index is -0.0149. The molecule has 6 nitrogen and oxygen atoms in total. The van der Waals surface area contributed by atoms with Crippen molar-refractivity contribution in [1.29, 1.82) is 0 Å². The molecule has 40 heavy (non-hydrogen) atoms. The van der Waals surface area contributed by atoms with Crippen LogP contribution in [0.1, 0.15) is 76.0 Å². The molecule has 0 aliphatic carbocycles. The van der Waals surface area contributed by atoms with Gasteiger partial charge in [0, 0.05) is 50.9 Å². The van der Waals surface area contributed by atoms with Crippen LogP contribution in [0.25, 0.3) is 6.08 Å². The van der Waals surface area contributed by atoms with Crippen LogP contribution in [-0.4, -0.2) is 43.0 Å². The second-order valence-electron chi connectivity index (χ2n) is 9.39. The van der Waals surface area contributed by atoms with Crippen molar-refractivity contribution in [2.75, 3.05) is 26.2 Å². The molecular weight excluding hydrogens is 496 g/mol. The predicted molar refractivity (Wildman–Crippen MR) is 170 cm³/mol. The first kappa shape index (κ1) is 34.5. The molecule has 2 amide bonds. The van der Waals surface area contributed by atoms with Gasteiger partial charge in [-0.15, -0.1) is 0 Å². The zero-order chi connectivity index (χ0) is 28.9. The van der Waals surface area contributed by atoms with Gasteiger partial charge in [0.2, 0.25) is 11.8 Å². The number of nitrogens with one attached hydrogen (secondary N) is 3. The van der Waals surface area contributed by atoms with E-state index in [1.165, 1.54) is 0 Å². The van der Waals surface area contributed by atoms with Crippen molar-refractivity contribution in [3.63, 3.8) is 0 Å². The minimum Gasteiger partial charge on any atom is -0.355 e. The molecule has 0 radical (unpaired) electrons. The molecule has 0 bridgehead atoms. The lowest BCUT2D eigenvalue weighted by Crippen LogP contribution is -2.36. The summed E-state index contributed by atoms with van der Waals surface area (Å²) in [5.74, 6) is 0.0666. The number of aromatic nitrogens is 1. The Hall–Kier alpha value is -3.51. The van der Waals surface area contributed by atoms with E-state index >= 15 is 0 Å². The van der Waals surface area contributed by atoms with Gasteiger partial charge >= 0.3 is 0 Å². The first-order valence-electron chi connectivity index (χ1n) is 14.7. The second kappa shape index (κ2) is 25.8. The standard InChI is InChI=1S/C34H50N4O2/c1-3-4-5-6-7-8-9-10-11-12-13-14-15-16-17-18-19-22-33(39)36-28-26-35-27-29-37-34(40)23-20-21-32-25-24-31(2)38-30-32/h4-5,7-8,10-11,13-14,16-17,20-21,24-25,30,35H,3,6,9,12,15,18-19,22-23,26-29H2,1-2H3,(H,36,39)(H,37,40). The molecule has 1 rings (SSSR count). The van der Waals surface area contributed by atoms with E-state index in [4.69, 9.17) is 0 Å². The quantitative estimate of drug-likeness (QED) is 0.114. The van der Waals surface area contributed by atoms with E-state index < -0.39 is 0 Å². The maximum absolute atomic E-state index is 11.9. The number of hydrogen-bond donors (Lipinski definition) is 3. The van der Waals surface area contributed by atoms with Crippen molar-refractivity contribution in [3.05, 3.63) is 96.4 Å². The highest BCUT2D eigenvalue weighted by Gasteiger charge is 2.00. The Balaban J connectivity index is 1.90. The van der Waals surface area contributed by atoms with Crippen molar-refractivity contribution in [3.8, 4) is 0 Å². The molecule has 6 heteroatoms. The maximum atomic E-state index is 11.9. The average molecular weight is 547 g/mol. The lowest BCUT2D eigenvalue weighted by atomic mass is 10.2. The number of allylic oxidation sites excluding steroid dienone is 10. The number of nitrogens with zero attached hydrogens (tertiary/aromatic N) is 1. The number of carbonyl (C=O) groups is 2. The fourth-order valence-corrected chi connectivity index (χ4v) is 3.50. The molecule has 3 N–H and O–H groups in total. The largest absolute Gasteiger partial charge is 0.355 e. The first-order chi connectivity index (χ1) is 19.6. The summed E-state index contributed by atoms with van der Waals surface area (Å²) in [6, 6.07) is 3.92. The molecule has 0 aromatic carbocycles. The van der Waals surface area contributed by atoms with E-state index in [9.17, 15) is 9.59 Å². The monoisotopic (exact) mass is 546 g/mol. The second-order valence-corrected chi connectivity index (χ2v) is 9.39. The lowest BCUT2D eigenvalue weighted by molar-refractivity contribution is -0.121. The van der Waals surface area contributed by atoms with Gasteiger partial charge in [-0.1, -0.05) is 85.9 Å². The topological polar surface area (TPSA) is 83.1 Å². The smallest absolute Gasteiger partial charge is 0.223 e. The molecule has 0 fully saturated rings. The number of pyridine rings is 1. The van der Waals surface area contributed by atoms with Crippen LogP contribution in [0, 0.1) is 6.92 Å². The van der Waals surface area contributed by atoms with Crippen molar-refractivity contribution >= 4 is 17.9 Å². The third kappa shape index (κ3) is 22.5. The Kier molecular flexibility index (Phi) is 22.2.